The Hall–Kier alpha value is -9.60. The van der Waals surface area contributed by atoms with E-state index in [2.05, 4.69) is 65.1 Å². The van der Waals surface area contributed by atoms with E-state index in [-0.39, 0.29) is 25.8 Å². The van der Waals surface area contributed by atoms with Crippen molar-refractivity contribution in [1.29, 1.82) is 0 Å². The van der Waals surface area contributed by atoms with Crippen molar-refractivity contribution >= 4 is 93.7 Å². The summed E-state index contributed by atoms with van der Waals surface area (Å²) < 4.78 is 0. The monoisotopic (exact) mass is 1380 g/mol. The molecule has 12 unspecified atom stereocenters. The zero-order valence-electron chi connectivity index (χ0n) is 56.4. The van der Waals surface area contributed by atoms with Crippen molar-refractivity contribution in [3.8, 4) is 0 Å². The van der Waals surface area contributed by atoms with Crippen LogP contribution in [-0.2, 0) is 80.0 Å². The van der Waals surface area contributed by atoms with E-state index in [0.29, 0.717) is 47.2 Å². The second-order valence-electron chi connectivity index (χ2n) is 24.9. The number of carbonyl (C=O) groups is 14. The molecule has 0 aliphatic rings. The molecule has 0 bridgehead atoms. The van der Waals surface area contributed by atoms with Crippen molar-refractivity contribution in [2.75, 3.05) is 13.1 Å². The van der Waals surface area contributed by atoms with E-state index >= 15 is 0 Å². The molecule has 1 aromatic heterocycles. The predicted octanol–water partition coefficient (Wildman–Crippen LogP) is -3.71. The molecule has 0 fully saturated rings. The van der Waals surface area contributed by atoms with E-state index < -0.39 is 206 Å². The van der Waals surface area contributed by atoms with Gasteiger partial charge in [0.05, 0.1) is 50.5 Å². The smallest absolute Gasteiger partial charge is 0.326 e. The molecule has 33 heteroatoms. The molecule has 3 rings (SSSR count). The minimum Gasteiger partial charge on any atom is -0.480 e. The van der Waals surface area contributed by atoms with Crippen molar-refractivity contribution in [3.05, 3.63) is 71.9 Å². The Morgan fingerprint density at radius 3 is 1.50 bits per heavy atom. The third-order valence-electron chi connectivity index (χ3n) is 16.3. The third-order valence-corrected chi connectivity index (χ3v) is 16.3. The molecule has 98 heavy (non-hydrogen) atoms. The van der Waals surface area contributed by atoms with Gasteiger partial charge in [-0.1, -0.05) is 116 Å². The molecule has 23 N–H and O–H groups in total. The molecule has 0 saturated heterocycles. The van der Waals surface area contributed by atoms with Crippen molar-refractivity contribution in [3.63, 3.8) is 0 Å². The van der Waals surface area contributed by atoms with E-state index in [9.17, 15) is 87.5 Å². The largest absolute Gasteiger partial charge is 0.480 e. The number of carboxylic acid groups (broad SMARTS) is 1. The highest BCUT2D eigenvalue weighted by atomic mass is 16.4. The van der Waals surface area contributed by atoms with Gasteiger partial charge in [0.2, 0.25) is 76.8 Å². The Bertz CT molecular complexity index is 3220. The maximum atomic E-state index is 14.4. The number of rotatable bonds is 45. The summed E-state index contributed by atoms with van der Waals surface area (Å²) in [5.41, 5.74) is 23.8. The SMILES string of the molecule is CCC(C)CCCC(O)CC(=O)NC(CC(N)=O)C(=O)NC(C(=O)NC(Cc1ccccc1)C(=O)NC(CC(N)=O)C(=O)NC(CC(N)=O)C(=O)NC(CC(O)CCN)C(=O)N[C@H](C(=O)NCC(=O)NC(Cc1c[nH]c2ccccc12)C(=O)NC(C(=O)O)C(C)CC)[C@@H](C)O)C(C)C. The number of carbonyl (C=O) groups excluding carboxylic acids is 13. The Kier molecular flexibility index (Phi) is 35.0. The summed E-state index contributed by atoms with van der Waals surface area (Å²) in [7, 11) is 0. The van der Waals surface area contributed by atoms with Gasteiger partial charge < -0.3 is 102 Å². The molecule has 3 aromatic rings. The molecule has 0 spiro atoms. The lowest BCUT2D eigenvalue weighted by Crippen LogP contribution is -2.62. The van der Waals surface area contributed by atoms with Gasteiger partial charge in [-0.05, 0) is 61.3 Å². The number of nitrogens with one attached hydrogen (secondary N) is 11. The number of carboxylic acids is 1. The number of aromatic amines is 1. The molecule has 2 aromatic carbocycles. The lowest BCUT2D eigenvalue weighted by atomic mass is 9.98. The fraction of sp³-hybridized carbons (Fsp3) is 0.569. The summed E-state index contributed by atoms with van der Waals surface area (Å²) in [5.74, 6) is -16.5. The highest BCUT2D eigenvalue weighted by Gasteiger charge is 2.38. The lowest BCUT2D eigenvalue weighted by Gasteiger charge is -2.29. The second-order valence-corrected chi connectivity index (χ2v) is 24.9. The normalized spacial score (nSPS) is 15.6. The summed E-state index contributed by atoms with van der Waals surface area (Å²) >= 11 is 0. The number of benzene rings is 2. The van der Waals surface area contributed by atoms with Crippen LogP contribution in [0.2, 0.25) is 0 Å². The van der Waals surface area contributed by atoms with Crippen LogP contribution in [0.15, 0.2) is 60.8 Å². The van der Waals surface area contributed by atoms with Gasteiger partial charge in [-0.25, -0.2) is 4.79 Å². The molecular weight excluding hydrogens is 1280 g/mol. The van der Waals surface area contributed by atoms with Gasteiger partial charge in [0.25, 0.3) is 0 Å². The van der Waals surface area contributed by atoms with E-state index in [1.807, 2.05) is 6.92 Å². The summed E-state index contributed by atoms with van der Waals surface area (Å²) in [6, 6.07) is -0.170. The number of primary amides is 3. The zero-order valence-corrected chi connectivity index (χ0v) is 56.4. The van der Waals surface area contributed by atoms with Crippen LogP contribution in [-0.4, -0.2) is 194 Å². The van der Waals surface area contributed by atoms with Gasteiger partial charge in [-0.2, -0.15) is 0 Å². The zero-order chi connectivity index (χ0) is 73.5. The second kappa shape index (κ2) is 41.5. The lowest BCUT2D eigenvalue weighted by molar-refractivity contribution is -0.143. The van der Waals surface area contributed by atoms with Gasteiger partial charge >= 0.3 is 5.97 Å². The molecule has 0 aliphatic heterocycles. The van der Waals surface area contributed by atoms with E-state index in [4.69, 9.17) is 22.9 Å². The quantitative estimate of drug-likeness (QED) is 0.0259. The van der Waals surface area contributed by atoms with Gasteiger partial charge in [0.1, 0.15) is 54.4 Å². The van der Waals surface area contributed by atoms with E-state index in [1.165, 1.54) is 13.8 Å². The summed E-state index contributed by atoms with van der Waals surface area (Å²) in [6.07, 6.45) is -3.98. The molecule has 14 atom stereocenters. The first-order valence-electron chi connectivity index (χ1n) is 32.6. The topological polar surface area (TPSA) is 560 Å². The number of amides is 13. The van der Waals surface area contributed by atoms with Gasteiger partial charge in [-0.3, -0.25) is 62.3 Å². The average molecular weight is 1380 g/mol. The van der Waals surface area contributed by atoms with Crippen LogP contribution >= 0.6 is 0 Å². The van der Waals surface area contributed by atoms with Crippen LogP contribution in [0.5, 0.6) is 0 Å². The number of fused-ring (bicyclic) bond motifs is 1. The number of hydrogen-bond donors (Lipinski definition) is 19. The van der Waals surface area contributed by atoms with Crippen molar-refractivity contribution in [1.82, 2.24) is 58.2 Å². The van der Waals surface area contributed by atoms with Crippen molar-refractivity contribution in [2.24, 2.45) is 40.7 Å². The Morgan fingerprint density at radius 1 is 0.480 bits per heavy atom. The van der Waals surface area contributed by atoms with Crippen LogP contribution in [0.25, 0.3) is 10.9 Å². The Morgan fingerprint density at radius 2 is 0.959 bits per heavy atom. The fourth-order valence-corrected chi connectivity index (χ4v) is 10.3. The third kappa shape index (κ3) is 28.6. The Labute approximate surface area is 567 Å². The minimum atomic E-state index is -2.04. The number of aliphatic hydroxyl groups is 3. The van der Waals surface area contributed by atoms with Gasteiger partial charge in [-0.15, -0.1) is 0 Å². The summed E-state index contributed by atoms with van der Waals surface area (Å²) in [6.45, 7) is 10.6. The molecule has 0 saturated carbocycles. The number of aliphatic carboxylic acids is 1. The first-order chi connectivity index (χ1) is 46.2. The van der Waals surface area contributed by atoms with Gasteiger partial charge in [0.15, 0.2) is 0 Å². The number of aromatic nitrogens is 1. The summed E-state index contributed by atoms with van der Waals surface area (Å²) in [4.78, 5) is 192. The maximum absolute atomic E-state index is 14.4. The van der Waals surface area contributed by atoms with E-state index in [0.717, 1.165) is 19.8 Å². The molecule has 13 amide bonds. The minimum absolute atomic E-state index is 0.142. The molecule has 0 aliphatic carbocycles. The van der Waals surface area contributed by atoms with Crippen LogP contribution in [0, 0.1) is 17.8 Å². The molecule has 1 heterocycles. The summed E-state index contributed by atoms with van der Waals surface area (Å²) in [5, 5.41) is 66.6. The molecular formula is C65H99N15O18. The highest BCUT2D eigenvalue weighted by molar-refractivity contribution is 6.01. The van der Waals surface area contributed by atoms with Crippen molar-refractivity contribution in [2.45, 2.75) is 205 Å². The number of nitrogens with two attached hydrogens (primary N) is 4. The van der Waals surface area contributed by atoms with Crippen molar-refractivity contribution < 1.29 is 87.5 Å². The number of H-pyrrole nitrogens is 1. The standard InChI is InChI=1S/C65H99N15O18/c1-8-34(5)16-15-19-39(82)27-52(87)72-46(28-49(67)84)62(94)78-54(33(3)4)64(96)77-43(24-37-17-11-10-12-18-37)57(89)75-48(30-51(69)86)59(91)76-47(29-50(68)85)58(90)74-45(26-40(83)22-23-66)61(93)80-56(36(7)81)63(95)71-32-53(88)73-44(60(92)79-55(65(97)98)35(6)9-2)25-38-31-70-42-21-14-13-20-41(38)42/h10-14,17-18,20-21,31,33-36,39-40,43-48,54-56,70,81-83H,8-9,15-16,19,22-30,32,66H2,1-7H3,(H2,67,84)(H2,68,85)(H2,69,86)(H,71,95)(H,72,87)(H,73,88)(H,74,90)(H,75,89)(H,76,91)(H,77,96)(H,78,94)(H,79,92)(H,80,93)(H,97,98)/t34?,35?,36-,39?,40?,43?,44?,45?,46?,47?,48?,54?,55?,56+/m1/s1. The van der Waals surface area contributed by atoms with Crippen LogP contribution in [0.3, 0.4) is 0 Å². The molecule has 542 valence electrons. The van der Waals surface area contributed by atoms with Gasteiger partial charge in [0, 0.05) is 36.4 Å². The fourth-order valence-electron chi connectivity index (χ4n) is 10.3. The highest BCUT2D eigenvalue weighted by Crippen LogP contribution is 2.21. The van der Waals surface area contributed by atoms with E-state index in [1.54, 1.807) is 74.6 Å². The number of aliphatic hydroxyl groups excluding tert-OH is 3. The molecule has 0 radical (unpaired) electrons. The van der Waals surface area contributed by atoms with Crippen LogP contribution in [0.1, 0.15) is 130 Å². The predicted molar refractivity (Wildman–Crippen MR) is 356 cm³/mol. The first kappa shape index (κ1) is 82.6. The maximum Gasteiger partial charge on any atom is 0.326 e. The van der Waals surface area contributed by atoms with Crippen LogP contribution in [0.4, 0.5) is 0 Å². The molecule has 33 nitrogen and oxygen atoms in total. The number of hydrogen-bond acceptors (Lipinski definition) is 18. The van der Waals surface area contributed by atoms with Crippen LogP contribution < -0.4 is 76.1 Å². The Balaban J connectivity index is 1.87. The first-order valence-corrected chi connectivity index (χ1v) is 32.6. The number of para-hydroxylation sites is 1. The average Bonchev–Trinajstić information content (AvgIpc) is 1.63.